The molecule has 0 spiro atoms. The molecule has 0 unspecified atom stereocenters. The molecule has 0 saturated carbocycles. The molecule has 1 fully saturated rings. The molecule has 1 N–H and O–H groups in total. The monoisotopic (exact) mass is 229 g/mol. The van der Waals surface area contributed by atoms with Crippen molar-refractivity contribution in [2.24, 2.45) is 0 Å². The number of hydrogen-bond acceptors (Lipinski definition) is 4. The van der Waals surface area contributed by atoms with E-state index in [0.29, 0.717) is 0 Å². The van der Waals surface area contributed by atoms with Gasteiger partial charge in [0.05, 0.1) is 23.2 Å². The van der Waals surface area contributed by atoms with E-state index < -0.39 is 16.6 Å². The van der Waals surface area contributed by atoms with Gasteiger partial charge in [-0.1, -0.05) is 0 Å². The number of rotatable bonds is 2. The van der Waals surface area contributed by atoms with E-state index in [0.717, 1.165) is 38.3 Å². The van der Waals surface area contributed by atoms with Crippen LogP contribution in [-0.2, 0) is 10.8 Å². The fraction of sp³-hybridized carbons (Fsp3) is 0.556. The molecule has 1 atom stereocenters. The molecule has 0 amide bonds. The second kappa shape index (κ2) is 4.76. The Kier molecular flexibility index (Phi) is 3.37. The second-order valence-electron chi connectivity index (χ2n) is 3.43. The highest BCUT2D eigenvalue weighted by atomic mass is 32.2. The fourth-order valence-corrected chi connectivity index (χ4v) is 2.84. The van der Waals surface area contributed by atoms with E-state index in [9.17, 15) is 8.60 Å². The third-order valence-corrected chi connectivity index (χ3v) is 4.01. The largest absolute Gasteiger partial charge is 0.317 e. The Hall–Kier alpha value is -0.880. The summed E-state index contributed by atoms with van der Waals surface area (Å²) in [5.74, 6) is -0.499. The van der Waals surface area contributed by atoms with Crippen LogP contribution in [0.1, 0.15) is 12.8 Å². The van der Waals surface area contributed by atoms with Gasteiger partial charge in [0, 0.05) is 5.25 Å². The van der Waals surface area contributed by atoms with Crippen LogP contribution >= 0.6 is 0 Å². The Balaban J connectivity index is 2.09. The lowest BCUT2D eigenvalue weighted by atomic mass is 10.2. The van der Waals surface area contributed by atoms with E-state index in [1.807, 2.05) is 0 Å². The van der Waals surface area contributed by atoms with E-state index >= 15 is 0 Å². The molecule has 1 saturated heterocycles. The van der Waals surface area contributed by atoms with E-state index in [1.54, 1.807) is 0 Å². The highest BCUT2D eigenvalue weighted by Crippen LogP contribution is 2.14. The standard InChI is InChI=1S/C9H12FN3OS/c10-7-5-12-9(13-6-7)15(14)8-1-3-11-4-2-8/h5-6,8,11H,1-4H2/t15-/m1/s1. The van der Waals surface area contributed by atoms with E-state index in [-0.39, 0.29) is 10.4 Å². The first-order valence-corrected chi connectivity index (χ1v) is 6.07. The van der Waals surface area contributed by atoms with Gasteiger partial charge in [0.15, 0.2) is 5.82 Å². The van der Waals surface area contributed by atoms with Crippen LogP contribution in [0.3, 0.4) is 0 Å². The van der Waals surface area contributed by atoms with Crippen LogP contribution in [0.4, 0.5) is 4.39 Å². The van der Waals surface area contributed by atoms with Gasteiger partial charge >= 0.3 is 0 Å². The summed E-state index contributed by atoms with van der Waals surface area (Å²) < 4.78 is 24.5. The smallest absolute Gasteiger partial charge is 0.218 e. The third-order valence-electron chi connectivity index (χ3n) is 2.37. The van der Waals surface area contributed by atoms with Crippen molar-refractivity contribution in [3.8, 4) is 0 Å². The first-order valence-electron chi connectivity index (χ1n) is 4.86. The minimum Gasteiger partial charge on any atom is -0.317 e. The predicted octanol–water partition coefficient (Wildman–Crippen LogP) is 0.475. The van der Waals surface area contributed by atoms with E-state index in [2.05, 4.69) is 15.3 Å². The van der Waals surface area contributed by atoms with Crippen molar-refractivity contribution in [3.63, 3.8) is 0 Å². The van der Waals surface area contributed by atoms with Crippen LogP contribution < -0.4 is 5.32 Å². The number of piperidine rings is 1. The zero-order chi connectivity index (χ0) is 10.7. The van der Waals surface area contributed by atoms with Crippen LogP contribution in [0, 0.1) is 5.82 Å². The maximum absolute atomic E-state index is 12.6. The summed E-state index contributed by atoms with van der Waals surface area (Å²) in [6.45, 7) is 1.75. The molecule has 1 aromatic heterocycles. The summed E-state index contributed by atoms with van der Waals surface area (Å²) in [5.41, 5.74) is 0. The SMILES string of the molecule is O=[S@@](c1ncc(F)cn1)C1CCNCC1. The van der Waals surface area contributed by atoms with Crippen LogP contribution in [0.15, 0.2) is 17.6 Å². The summed E-state index contributed by atoms with van der Waals surface area (Å²) in [5, 5.41) is 3.53. The zero-order valence-corrected chi connectivity index (χ0v) is 8.97. The summed E-state index contributed by atoms with van der Waals surface area (Å²) in [7, 11) is -1.21. The molecule has 0 bridgehead atoms. The van der Waals surface area contributed by atoms with Crippen molar-refractivity contribution in [1.82, 2.24) is 15.3 Å². The quantitative estimate of drug-likeness (QED) is 0.749. The summed E-state index contributed by atoms with van der Waals surface area (Å²) >= 11 is 0. The average Bonchev–Trinajstić information content (AvgIpc) is 2.30. The highest BCUT2D eigenvalue weighted by Gasteiger charge is 2.22. The van der Waals surface area contributed by atoms with Gasteiger partial charge in [-0.3, -0.25) is 4.21 Å². The second-order valence-corrected chi connectivity index (χ2v) is 5.06. The predicted molar refractivity (Wildman–Crippen MR) is 54.3 cm³/mol. The van der Waals surface area contributed by atoms with Gasteiger partial charge in [0.1, 0.15) is 0 Å². The van der Waals surface area contributed by atoms with Gasteiger partial charge in [-0.2, -0.15) is 0 Å². The minimum absolute atomic E-state index is 0.0942. The van der Waals surface area contributed by atoms with Crippen LogP contribution in [-0.4, -0.2) is 32.5 Å². The number of hydrogen-bond donors (Lipinski definition) is 1. The maximum atomic E-state index is 12.6. The molecule has 1 aliphatic heterocycles. The Labute approximate surface area is 89.8 Å². The first-order chi connectivity index (χ1) is 7.27. The third kappa shape index (κ3) is 2.57. The summed E-state index contributed by atoms with van der Waals surface area (Å²) in [6, 6.07) is 0. The summed E-state index contributed by atoms with van der Waals surface area (Å²) in [4.78, 5) is 7.49. The van der Waals surface area contributed by atoms with Crippen molar-refractivity contribution in [2.75, 3.05) is 13.1 Å². The van der Waals surface area contributed by atoms with Gasteiger partial charge in [0.2, 0.25) is 5.16 Å². The van der Waals surface area contributed by atoms with Gasteiger partial charge in [-0.05, 0) is 25.9 Å². The molecule has 0 radical (unpaired) electrons. The summed E-state index contributed by atoms with van der Waals surface area (Å²) in [6.07, 6.45) is 3.82. The molecule has 0 aliphatic carbocycles. The van der Waals surface area contributed by atoms with Crippen LogP contribution in [0.5, 0.6) is 0 Å². The first kappa shape index (κ1) is 10.6. The zero-order valence-electron chi connectivity index (χ0n) is 8.15. The Morgan fingerprint density at radius 2 is 1.93 bits per heavy atom. The normalized spacial score (nSPS) is 20.1. The molecular weight excluding hydrogens is 217 g/mol. The molecule has 1 aliphatic rings. The van der Waals surface area contributed by atoms with Crippen LogP contribution in [0.25, 0.3) is 0 Å². The molecule has 1 aromatic rings. The Morgan fingerprint density at radius 1 is 1.33 bits per heavy atom. The molecule has 0 aromatic carbocycles. The molecule has 15 heavy (non-hydrogen) atoms. The van der Waals surface area contributed by atoms with E-state index in [1.165, 1.54) is 0 Å². The van der Waals surface area contributed by atoms with Crippen molar-refractivity contribution < 1.29 is 8.60 Å². The molecule has 2 rings (SSSR count). The average molecular weight is 229 g/mol. The Morgan fingerprint density at radius 3 is 2.53 bits per heavy atom. The minimum atomic E-state index is -1.21. The van der Waals surface area contributed by atoms with Crippen LogP contribution in [0.2, 0.25) is 0 Å². The maximum Gasteiger partial charge on any atom is 0.218 e. The van der Waals surface area contributed by atoms with Gasteiger partial charge in [-0.25, -0.2) is 14.4 Å². The van der Waals surface area contributed by atoms with Crippen molar-refractivity contribution in [1.29, 1.82) is 0 Å². The molecule has 2 heterocycles. The number of aromatic nitrogens is 2. The number of nitrogens with zero attached hydrogens (tertiary/aromatic N) is 2. The lowest BCUT2D eigenvalue weighted by Crippen LogP contribution is -2.33. The van der Waals surface area contributed by atoms with Gasteiger partial charge < -0.3 is 5.32 Å². The lowest BCUT2D eigenvalue weighted by Gasteiger charge is -2.20. The molecule has 4 nitrogen and oxygen atoms in total. The highest BCUT2D eigenvalue weighted by molar-refractivity contribution is 7.85. The van der Waals surface area contributed by atoms with Crippen molar-refractivity contribution in [2.45, 2.75) is 23.2 Å². The molecule has 82 valence electrons. The molecular formula is C9H12FN3OS. The van der Waals surface area contributed by atoms with E-state index in [4.69, 9.17) is 0 Å². The topological polar surface area (TPSA) is 54.9 Å². The van der Waals surface area contributed by atoms with Crippen molar-refractivity contribution in [3.05, 3.63) is 18.2 Å². The number of halogens is 1. The van der Waals surface area contributed by atoms with Gasteiger partial charge in [-0.15, -0.1) is 0 Å². The molecule has 6 heteroatoms. The Bertz CT molecular complexity index is 351. The number of nitrogens with one attached hydrogen (secondary N) is 1. The lowest BCUT2D eigenvalue weighted by molar-refractivity contribution is 0.517. The van der Waals surface area contributed by atoms with Crippen molar-refractivity contribution >= 4 is 10.8 Å². The van der Waals surface area contributed by atoms with Gasteiger partial charge in [0.25, 0.3) is 0 Å². The fourth-order valence-electron chi connectivity index (χ4n) is 1.56.